The van der Waals surface area contributed by atoms with E-state index < -0.39 is 0 Å². The van der Waals surface area contributed by atoms with E-state index in [1.165, 1.54) is 17.5 Å². The Hall–Kier alpha value is -1.84. The zero-order valence-corrected chi connectivity index (χ0v) is 12.6. The highest BCUT2D eigenvalue weighted by molar-refractivity contribution is 5.33. The van der Waals surface area contributed by atoms with Gasteiger partial charge in [-0.2, -0.15) is 0 Å². The predicted molar refractivity (Wildman–Crippen MR) is 83.2 cm³/mol. The maximum absolute atomic E-state index is 6.42. The minimum Gasteiger partial charge on any atom is -0.403 e. The van der Waals surface area contributed by atoms with Crippen molar-refractivity contribution in [3.8, 4) is 5.75 Å². The summed E-state index contributed by atoms with van der Waals surface area (Å²) in [6, 6.07) is 19.2. The Bertz CT molecular complexity index is 716. The van der Waals surface area contributed by atoms with Gasteiger partial charge in [-0.1, -0.05) is 42.5 Å². The second-order valence-corrected chi connectivity index (χ2v) is 6.74. The van der Waals surface area contributed by atoms with Crippen LogP contribution >= 0.6 is 0 Å². The Balaban J connectivity index is 1.33. The average Bonchev–Trinajstić information content (AvgIpc) is 3.42. The molecule has 2 saturated heterocycles. The smallest absolute Gasteiger partial charge is 0.163 e. The minimum atomic E-state index is -0.0485. The molecular formula is C19H19NO2. The molecule has 3 aliphatic rings. The van der Waals surface area contributed by atoms with Gasteiger partial charge in [0, 0.05) is 0 Å². The van der Waals surface area contributed by atoms with Crippen molar-refractivity contribution in [2.75, 3.05) is 0 Å². The highest BCUT2D eigenvalue weighted by Crippen LogP contribution is 2.65. The molecule has 5 unspecified atom stereocenters. The third kappa shape index (κ3) is 1.82. The molecule has 2 heterocycles. The van der Waals surface area contributed by atoms with Gasteiger partial charge < -0.3 is 9.57 Å². The van der Waals surface area contributed by atoms with Crippen LogP contribution in [0.15, 0.2) is 54.6 Å². The Morgan fingerprint density at radius 3 is 2.82 bits per heavy atom. The van der Waals surface area contributed by atoms with Crippen LogP contribution in [0, 0.1) is 12.8 Å². The van der Waals surface area contributed by atoms with Crippen LogP contribution in [0.1, 0.15) is 24.0 Å². The lowest BCUT2D eigenvalue weighted by Gasteiger charge is -2.21. The lowest BCUT2D eigenvalue weighted by molar-refractivity contribution is -0.0793. The van der Waals surface area contributed by atoms with Gasteiger partial charge >= 0.3 is 0 Å². The largest absolute Gasteiger partial charge is 0.403 e. The first-order chi connectivity index (χ1) is 10.8. The summed E-state index contributed by atoms with van der Waals surface area (Å²) < 4.78 is 6.42. The van der Waals surface area contributed by atoms with Crippen molar-refractivity contribution in [2.45, 2.75) is 37.6 Å². The van der Waals surface area contributed by atoms with Crippen molar-refractivity contribution in [3.63, 3.8) is 0 Å². The van der Waals surface area contributed by atoms with Crippen LogP contribution in [0.3, 0.4) is 0 Å². The lowest BCUT2D eigenvalue weighted by atomic mass is 10.0. The Labute approximate surface area is 130 Å². The molecule has 0 radical (unpaired) electrons. The van der Waals surface area contributed by atoms with Gasteiger partial charge in [0.05, 0.1) is 11.6 Å². The molecule has 3 heteroatoms. The molecule has 5 rings (SSSR count). The first-order valence-electron chi connectivity index (χ1n) is 8.03. The van der Waals surface area contributed by atoms with Crippen LogP contribution in [0.5, 0.6) is 5.75 Å². The van der Waals surface area contributed by atoms with E-state index in [2.05, 4.69) is 49.4 Å². The van der Waals surface area contributed by atoms with Gasteiger partial charge in [0.25, 0.3) is 0 Å². The maximum atomic E-state index is 6.42. The van der Waals surface area contributed by atoms with E-state index in [1.807, 2.05) is 17.2 Å². The van der Waals surface area contributed by atoms with Crippen molar-refractivity contribution in [3.05, 3.63) is 65.7 Å². The summed E-state index contributed by atoms with van der Waals surface area (Å²) in [6.45, 7) is 2.08. The van der Waals surface area contributed by atoms with Gasteiger partial charge in [-0.25, -0.2) is 0 Å². The molecule has 5 atom stereocenters. The fraction of sp³-hybridized carbons (Fsp3) is 0.368. The third-order valence-corrected chi connectivity index (χ3v) is 5.19. The summed E-state index contributed by atoms with van der Waals surface area (Å²) >= 11 is 0. The topological polar surface area (TPSA) is 21.5 Å². The predicted octanol–water partition coefficient (Wildman–Crippen LogP) is 3.63. The highest BCUT2D eigenvalue weighted by atomic mass is 16.8. The van der Waals surface area contributed by atoms with Gasteiger partial charge in [0.15, 0.2) is 6.23 Å². The molecule has 2 aliphatic heterocycles. The first-order valence-corrected chi connectivity index (χ1v) is 8.03. The molecule has 0 bridgehead atoms. The number of hydrogen-bond acceptors (Lipinski definition) is 3. The standard InChI is InChI=1S/C19H19NO2/c1-13-6-5-9-16(10-13)22-20-17-11-15-12-19(15,21-18(17)20)14-7-3-2-4-8-14/h2-10,15,17-18H,11-12H2,1H3. The monoisotopic (exact) mass is 293 g/mol. The number of hydrogen-bond donors (Lipinski definition) is 0. The van der Waals surface area contributed by atoms with Crippen molar-refractivity contribution in [2.24, 2.45) is 5.92 Å². The zero-order chi connectivity index (χ0) is 14.7. The number of fused-ring (bicyclic) bond motifs is 2. The van der Waals surface area contributed by atoms with E-state index in [4.69, 9.17) is 9.57 Å². The van der Waals surface area contributed by atoms with E-state index in [0.717, 1.165) is 12.2 Å². The molecule has 2 aromatic carbocycles. The Morgan fingerprint density at radius 2 is 2.00 bits per heavy atom. The molecule has 2 aromatic rings. The van der Waals surface area contributed by atoms with Gasteiger partial charge in [0.2, 0.25) is 0 Å². The average molecular weight is 293 g/mol. The lowest BCUT2D eigenvalue weighted by Crippen LogP contribution is -2.23. The fourth-order valence-electron chi connectivity index (χ4n) is 3.87. The molecule has 3 fully saturated rings. The van der Waals surface area contributed by atoms with Crippen molar-refractivity contribution in [1.29, 1.82) is 0 Å². The van der Waals surface area contributed by atoms with E-state index >= 15 is 0 Å². The Morgan fingerprint density at radius 1 is 1.14 bits per heavy atom. The van der Waals surface area contributed by atoms with Gasteiger partial charge in [0.1, 0.15) is 5.75 Å². The van der Waals surface area contributed by atoms with Gasteiger partial charge in [-0.3, -0.25) is 0 Å². The Kier molecular flexibility index (Phi) is 2.50. The molecule has 0 spiro atoms. The molecule has 22 heavy (non-hydrogen) atoms. The summed E-state index contributed by atoms with van der Waals surface area (Å²) in [5, 5.41) is 2.02. The third-order valence-electron chi connectivity index (χ3n) is 5.19. The molecule has 3 nitrogen and oxygen atoms in total. The molecule has 1 saturated carbocycles. The van der Waals surface area contributed by atoms with Crippen LogP contribution < -0.4 is 4.84 Å². The van der Waals surface area contributed by atoms with E-state index in [-0.39, 0.29) is 11.8 Å². The summed E-state index contributed by atoms with van der Waals surface area (Å²) in [6.07, 6.45) is 2.44. The molecule has 1 aliphatic carbocycles. The normalized spacial score (nSPS) is 37.9. The van der Waals surface area contributed by atoms with Crippen molar-refractivity contribution in [1.82, 2.24) is 5.06 Å². The second kappa shape index (κ2) is 4.34. The van der Waals surface area contributed by atoms with Crippen LogP contribution in [-0.2, 0) is 10.3 Å². The van der Waals surface area contributed by atoms with Crippen LogP contribution in [0.4, 0.5) is 0 Å². The molecule has 112 valence electrons. The number of hydroxylamine groups is 2. The number of nitrogens with zero attached hydrogens (tertiary/aromatic N) is 1. The van der Waals surface area contributed by atoms with Gasteiger partial charge in [-0.05, 0) is 48.9 Å². The molecular weight excluding hydrogens is 274 g/mol. The quantitative estimate of drug-likeness (QED) is 0.806. The number of benzene rings is 2. The summed E-state index contributed by atoms with van der Waals surface area (Å²) in [5.41, 5.74) is 2.49. The number of ether oxygens (including phenoxy) is 1. The number of aryl methyl sites for hydroxylation is 1. The van der Waals surface area contributed by atoms with Crippen LogP contribution in [0.25, 0.3) is 0 Å². The van der Waals surface area contributed by atoms with E-state index in [9.17, 15) is 0 Å². The summed E-state index contributed by atoms with van der Waals surface area (Å²) in [7, 11) is 0. The SMILES string of the molecule is Cc1cccc(ON2C3CC4CC4(c4ccccc4)OC32)c1. The minimum absolute atomic E-state index is 0.0485. The highest BCUT2D eigenvalue weighted by Gasteiger charge is 2.70. The second-order valence-electron chi connectivity index (χ2n) is 6.74. The van der Waals surface area contributed by atoms with E-state index in [0.29, 0.717) is 12.0 Å². The first kappa shape index (κ1) is 12.7. The molecule has 0 N–H and O–H groups in total. The number of rotatable bonds is 3. The van der Waals surface area contributed by atoms with Crippen LogP contribution in [0.2, 0.25) is 0 Å². The van der Waals surface area contributed by atoms with Crippen molar-refractivity contribution >= 4 is 0 Å². The zero-order valence-electron chi connectivity index (χ0n) is 12.6. The molecule has 0 amide bonds. The maximum Gasteiger partial charge on any atom is 0.163 e. The van der Waals surface area contributed by atoms with Crippen LogP contribution in [-0.4, -0.2) is 17.3 Å². The van der Waals surface area contributed by atoms with Crippen molar-refractivity contribution < 1.29 is 9.57 Å². The van der Waals surface area contributed by atoms with Gasteiger partial charge in [-0.15, -0.1) is 5.06 Å². The summed E-state index contributed by atoms with van der Waals surface area (Å²) in [4.78, 5) is 6.01. The summed E-state index contributed by atoms with van der Waals surface area (Å²) in [5.74, 6) is 1.54. The fourth-order valence-corrected chi connectivity index (χ4v) is 3.87. The molecule has 0 aromatic heterocycles. The van der Waals surface area contributed by atoms with E-state index in [1.54, 1.807) is 0 Å².